The molecule has 0 saturated carbocycles. The molecule has 0 aromatic carbocycles. The molecular formula is C22H24N6O3. The van der Waals surface area contributed by atoms with Crippen LogP contribution in [-0.4, -0.2) is 58.2 Å². The number of aromatic nitrogens is 5. The number of pyridine rings is 2. The van der Waals surface area contributed by atoms with E-state index in [1.165, 1.54) is 0 Å². The van der Waals surface area contributed by atoms with Crippen LogP contribution in [0.3, 0.4) is 0 Å². The van der Waals surface area contributed by atoms with Crippen molar-refractivity contribution in [1.82, 2.24) is 25.3 Å². The lowest BCUT2D eigenvalue weighted by Gasteiger charge is -2.34. The minimum atomic E-state index is 0.209. The lowest BCUT2D eigenvalue weighted by atomic mass is 9.98. The van der Waals surface area contributed by atoms with Crippen molar-refractivity contribution < 1.29 is 14.0 Å². The summed E-state index contributed by atoms with van der Waals surface area (Å²) in [7, 11) is 1.65. The van der Waals surface area contributed by atoms with E-state index in [-0.39, 0.29) is 6.04 Å². The summed E-state index contributed by atoms with van der Waals surface area (Å²) in [6.45, 7) is 6.52. The van der Waals surface area contributed by atoms with Gasteiger partial charge < -0.3 is 18.9 Å². The highest BCUT2D eigenvalue weighted by molar-refractivity contribution is 6.02. The van der Waals surface area contributed by atoms with Crippen molar-refractivity contribution >= 4 is 16.7 Å². The zero-order valence-electron chi connectivity index (χ0n) is 17.8. The van der Waals surface area contributed by atoms with Crippen LogP contribution in [0.25, 0.3) is 33.4 Å². The fraction of sp³-hybridized carbons (Fsp3) is 0.364. The van der Waals surface area contributed by atoms with E-state index in [0.717, 1.165) is 57.2 Å². The van der Waals surface area contributed by atoms with Gasteiger partial charge in [0.05, 0.1) is 37.1 Å². The highest BCUT2D eigenvalue weighted by Gasteiger charge is 2.25. The molecule has 0 amide bonds. The smallest absolute Gasteiger partial charge is 0.141 e. The molecule has 5 rings (SSSR count). The number of nitrogens with one attached hydrogen (secondary N) is 1. The zero-order valence-corrected chi connectivity index (χ0v) is 17.8. The number of methoxy groups -OCH3 is 1. The third kappa shape index (κ3) is 3.45. The quantitative estimate of drug-likeness (QED) is 0.524. The van der Waals surface area contributed by atoms with Crippen LogP contribution in [0.4, 0.5) is 5.82 Å². The first kappa shape index (κ1) is 19.7. The van der Waals surface area contributed by atoms with Crippen molar-refractivity contribution in [3.63, 3.8) is 0 Å². The van der Waals surface area contributed by atoms with Gasteiger partial charge in [-0.1, -0.05) is 5.16 Å². The van der Waals surface area contributed by atoms with Crippen molar-refractivity contribution in [2.24, 2.45) is 0 Å². The molecule has 0 unspecified atom stereocenters. The van der Waals surface area contributed by atoms with Crippen LogP contribution in [0, 0.1) is 6.92 Å². The molecule has 31 heavy (non-hydrogen) atoms. The summed E-state index contributed by atoms with van der Waals surface area (Å²) in [4.78, 5) is 11.9. The predicted molar refractivity (Wildman–Crippen MR) is 116 cm³/mol. The van der Waals surface area contributed by atoms with Gasteiger partial charge in [0.2, 0.25) is 0 Å². The molecule has 160 valence electrons. The molecule has 1 fully saturated rings. The highest BCUT2D eigenvalue weighted by atomic mass is 16.5. The Bertz CT molecular complexity index is 1200. The maximum atomic E-state index is 5.64. The standard InChI is InChI=1S/C22H24N6O3/c1-13-11-30-9-8-28(13)19-10-16(20-14(2)31-27-18(20)12-29-3)15-4-6-23-22(21(15)25-19)17-5-7-24-26-17/h4-7,10,13H,8-9,11-12H2,1-3H3,(H,24,26)/t13-/m1/s1. The Morgan fingerprint density at radius 2 is 2.19 bits per heavy atom. The van der Waals surface area contributed by atoms with Gasteiger partial charge in [-0.15, -0.1) is 0 Å². The second-order valence-corrected chi connectivity index (χ2v) is 7.66. The number of ether oxygens (including phenoxy) is 2. The summed E-state index contributed by atoms with van der Waals surface area (Å²) < 4.78 is 16.6. The minimum absolute atomic E-state index is 0.209. The van der Waals surface area contributed by atoms with E-state index >= 15 is 0 Å². The second kappa shape index (κ2) is 8.09. The predicted octanol–water partition coefficient (Wildman–Crippen LogP) is 3.35. The van der Waals surface area contributed by atoms with Gasteiger partial charge in [0.15, 0.2) is 0 Å². The Hall–Kier alpha value is -3.30. The number of aryl methyl sites for hydroxylation is 1. The molecule has 9 nitrogen and oxygen atoms in total. The number of anilines is 1. The molecule has 5 heterocycles. The van der Waals surface area contributed by atoms with Crippen molar-refractivity contribution in [2.45, 2.75) is 26.5 Å². The molecule has 0 bridgehead atoms. The number of hydrogen-bond donors (Lipinski definition) is 1. The summed E-state index contributed by atoms with van der Waals surface area (Å²) in [5.74, 6) is 1.61. The van der Waals surface area contributed by atoms with E-state index in [2.05, 4.69) is 38.2 Å². The number of morpholine rings is 1. The molecule has 1 aliphatic rings. The second-order valence-electron chi connectivity index (χ2n) is 7.66. The zero-order chi connectivity index (χ0) is 21.4. The van der Waals surface area contributed by atoms with Gasteiger partial charge in [0.25, 0.3) is 0 Å². The number of fused-ring (bicyclic) bond motifs is 1. The molecule has 9 heteroatoms. The normalized spacial score (nSPS) is 16.9. The third-order valence-electron chi connectivity index (χ3n) is 5.62. The van der Waals surface area contributed by atoms with Crippen LogP contribution in [0.2, 0.25) is 0 Å². The van der Waals surface area contributed by atoms with Crippen LogP contribution < -0.4 is 4.90 Å². The van der Waals surface area contributed by atoms with Crippen molar-refractivity contribution in [3.05, 3.63) is 42.0 Å². The van der Waals surface area contributed by atoms with Crippen molar-refractivity contribution in [2.75, 3.05) is 31.8 Å². The third-order valence-corrected chi connectivity index (χ3v) is 5.62. The van der Waals surface area contributed by atoms with E-state index in [1.54, 1.807) is 19.5 Å². The van der Waals surface area contributed by atoms with Gasteiger partial charge in [-0.05, 0) is 32.0 Å². The number of aromatic amines is 1. The maximum absolute atomic E-state index is 5.64. The molecule has 0 spiro atoms. The van der Waals surface area contributed by atoms with E-state index in [0.29, 0.717) is 19.8 Å². The van der Waals surface area contributed by atoms with Gasteiger partial charge in [-0.3, -0.25) is 10.1 Å². The summed E-state index contributed by atoms with van der Waals surface area (Å²) in [6.07, 6.45) is 3.51. The van der Waals surface area contributed by atoms with E-state index < -0.39 is 0 Å². The number of hydrogen-bond acceptors (Lipinski definition) is 8. The molecular weight excluding hydrogens is 396 g/mol. The topological polar surface area (TPSA) is 102 Å². The molecule has 1 saturated heterocycles. The Labute approximate surface area is 179 Å². The average Bonchev–Trinajstić information content (AvgIpc) is 3.44. The van der Waals surface area contributed by atoms with Crippen molar-refractivity contribution in [1.29, 1.82) is 0 Å². The molecule has 1 aliphatic heterocycles. The van der Waals surface area contributed by atoms with Crippen LogP contribution in [-0.2, 0) is 16.1 Å². The van der Waals surface area contributed by atoms with Crippen LogP contribution in [0.5, 0.6) is 0 Å². The summed E-state index contributed by atoms with van der Waals surface area (Å²) >= 11 is 0. The van der Waals surface area contributed by atoms with Gasteiger partial charge in [-0.2, -0.15) is 5.10 Å². The Morgan fingerprint density at radius 1 is 1.29 bits per heavy atom. The fourth-order valence-corrected chi connectivity index (χ4v) is 4.14. The molecule has 4 aromatic heterocycles. The van der Waals surface area contributed by atoms with E-state index in [1.807, 2.05) is 19.1 Å². The Kier molecular flexibility index (Phi) is 5.13. The number of rotatable bonds is 5. The van der Waals surface area contributed by atoms with Gasteiger partial charge in [-0.25, -0.2) is 4.98 Å². The summed E-state index contributed by atoms with van der Waals surface area (Å²) in [6, 6.07) is 6.20. The minimum Gasteiger partial charge on any atom is -0.378 e. The monoisotopic (exact) mass is 420 g/mol. The average molecular weight is 420 g/mol. The van der Waals surface area contributed by atoms with Crippen LogP contribution >= 0.6 is 0 Å². The van der Waals surface area contributed by atoms with Crippen LogP contribution in [0.1, 0.15) is 18.4 Å². The Balaban J connectivity index is 1.80. The molecule has 0 aliphatic carbocycles. The SMILES string of the molecule is COCc1noc(C)c1-c1cc(N2CCOC[C@H]2C)nc2c(-c3ccn[nH]3)nccc12. The summed E-state index contributed by atoms with van der Waals surface area (Å²) in [5.41, 5.74) is 5.04. The largest absolute Gasteiger partial charge is 0.378 e. The van der Waals surface area contributed by atoms with Gasteiger partial charge in [0.1, 0.15) is 28.5 Å². The maximum Gasteiger partial charge on any atom is 0.141 e. The van der Waals surface area contributed by atoms with Gasteiger partial charge in [0, 0.05) is 37.0 Å². The molecule has 4 aromatic rings. The Morgan fingerprint density at radius 3 is 2.97 bits per heavy atom. The molecule has 0 radical (unpaired) electrons. The van der Waals surface area contributed by atoms with Gasteiger partial charge >= 0.3 is 0 Å². The first-order chi connectivity index (χ1) is 15.2. The first-order valence-corrected chi connectivity index (χ1v) is 10.3. The number of H-pyrrole nitrogens is 1. The highest BCUT2D eigenvalue weighted by Crippen LogP contribution is 2.38. The number of nitrogens with zero attached hydrogens (tertiary/aromatic N) is 5. The van der Waals surface area contributed by atoms with E-state index in [4.69, 9.17) is 19.0 Å². The lowest BCUT2D eigenvalue weighted by molar-refractivity contribution is 0.0986. The summed E-state index contributed by atoms with van der Waals surface area (Å²) in [5, 5.41) is 12.3. The van der Waals surface area contributed by atoms with E-state index in [9.17, 15) is 0 Å². The first-order valence-electron chi connectivity index (χ1n) is 10.3. The van der Waals surface area contributed by atoms with Crippen molar-refractivity contribution in [3.8, 4) is 22.5 Å². The lowest BCUT2D eigenvalue weighted by Crippen LogP contribution is -2.44. The molecule has 1 atom stereocenters. The molecule has 1 N–H and O–H groups in total. The fourth-order valence-electron chi connectivity index (χ4n) is 4.14. The van der Waals surface area contributed by atoms with Crippen LogP contribution in [0.15, 0.2) is 35.1 Å².